The van der Waals surface area contributed by atoms with Crippen molar-refractivity contribution >= 4 is 28.5 Å². The van der Waals surface area contributed by atoms with Gasteiger partial charge in [-0.15, -0.1) is 0 Å². The van der Waals surface area contributed by atoms with E-state index in [-0.39, 0.29) is 23.9 Å². The van der Waals surface area contributed by atoms with Crippen molar-refractivity contribution < 1.29 is 19.4 Å². The fraction of sp³-hybridized carbons (Fsp3) is 0.318. The molecule has 1 aliphatic rings. The highest BCUT2D eigenvalue weighted by atomic mass is 16.6. The Kier molecular flexibility index (Phi) is 4.85. The molecular weight excluding hydrogens is 384 g/mol. The second-order valence-electron chi connectivity index (χ2n) is 8.31. The van der Waals surface area contributed by atoms with E-state index in [4.69, 9.17) is 4.74 Å². The van der Waals surface area contributed by atoms with Crippen LogP contribution in [0.5, 0.6) is 5.75 Å². The lowest BCUT2D eigenvalue weighted by Gasteiger charge is -2.30. The Labute approximate surface area is 173 Å². The van der Waals surface area contributed by atoms with E-state index in [1.54, 1.807) is 23.1 Å². The van der Waals surface area contributed by atoms with Crippen molar-refractivity contribution in [3.63, 3.8) is 0 Å². The lowest BCUT2D eigenvalue weighted by Crippen LogP contribution is -2.40. The fourth-order valence-corrected chi connectivity index (χ4v) is 3.54. The molecule has 1 aliphatic heterocycles. The molecule has 0 saturated heterocycles. The highest BCUT2D eigenvalue weighted by molar-refractivity contribution is 6.09. The maximum atomic E-state index is 13.0. The molecule has 8 nitrogen and oxygen atoms in total. The maximum absolute atomic E-state index is 13.0. The summed E-state index contributed by atoms with van der Waals surface area (Å²) in [7, 11) is 0. The van der Waals surface area contributed by atoms with Crippen LogP contribution in [0, 0.1) is 0 Å². The predicted octanol–water partition coefficient (Wildman–Crippen LogP) is 3.81. The Bertz CT molecular complexity index is 1130. The van der Waals surface area contributed by atoms with Gasteiger partial charge in [0.25, 0.3) is 5.91 Å². The summed E-state index contributed by atoms with van der Waals surface area (Å²) in [4.78, 5) is 27.0. The molecule has 0 atom stereocenters. The summed E-state index contributed by atoms with van der Waals surface area (Å²) in [5, 5.41) is 21.4. The average molecular weight is 408 g/mol. The van der Waals surface area contributed by atoms with Crippen LogP contribution in [-0.4, -0.2) is 44.4 Å². The summed E-state index contributed by atoms with van der Waals surface area (Å²) in [5.74, 6) is -0.233. The van der Waals surface area contributed by atoms with Gasteiger partial charge in [0, 0.05) is 40.7 Å². The number of rotatable bonds is 2. The SMILES string of the molecule is CC(C)(C)OC(=O)N1CCc2[nH]nc(C(=O)Nc3ccc(O)c4ccccc34)c2C1. The number of aromatic hydroxyl groups is 1. The quantitative estimate of drug-likeness (QED) is 0.559. The van der Waals surface area contributed by atoms with Gasteiger partial charge in [0.2, 0.25) is 0 Å². The van der Waals surface area contributed by atoms with Gasteiger partial charge < -0.3 is 20.1 Å². The van der Waals surface area contributed by atoms with Gasteiger partial charge in [0.15, 0.2) is 5.69 Å². The summed E-state index contributed by atoms with van der Waals surface area (Å²) >= 11 is 0. The number of aromatic amines is 1. The number of hydrogen-bond acceptors (Lipinski definition) is 5. The van der Waals surface area contributed by atoms with Crippen molar-refractivity contribution in [2.45, 2.75) is 39.3 Å². The van der Waals surface area contributed by atoms with E-state index < -0.39 is 11.7 Å². The van der Waals surface area contributed by atoms with Crippen LogP contribution in [0.4, 0.5) is 10.5 Å². The van der Waals surface area contributed by atoms with Crippen LogP contribution in [0.3, 0.4) is 0 Å². The number of phenolic OH excluding ortho intramolecular Hbond substituents is 1. The largest absolute Gasteiger partial charge is 0.507 e. The minimum Gasteiger partial charge on any atom is -0.507 e. The molecule has 0 bridgehead atoms. The Hall–Kier alpha value is -3.55. The zero-order valence-electron chi connectivity index (χ0n) is 17.2. The molecule has 0 saturated carbocycles. The molecule has 0 unspecified atom stereocenters. The van der Waals surface area contributed by atoms with Crippen LogP contribution >= 0.6 is 0 Å². The van der Waals surface area contributed by atoms with E-state index in [0.29, 0.717) is 29.6 Å². The number of fused-ring (bicyclic) bond motifs is 2. The zero-order chi connectivity index (χ0) is 21.5. The standard InChI is InChI=1S/C22H24N4O4/c1-22(2,3)30-21(29)26-11-10-17-15(12-26)19(25-24-17)20(28)23-16-8-9-18(27)14-7-5-4-6-13(14)16/h4-9,27H,10-12H2,1-3H3,(H,23,28)(H,24,25). The van der Waals surface area contributed by atoms with Gasteiger partial charge in [0.1, 0.15) is 11.4 Å². The van der Waals surface area contributed by atoms with Crippen molar-refractivity contribution in [3.05, 3.63) is 53.3 Å². The molecule has 0 radical (unpaired) electrons. The Morgan fingerprint density at radius 2 is 1.90 bits per heavy atom. The van der Waals surface area contributed by atoms with E-state index >= 15 is 0 Å². The number of nitrogens with one attached hydrogen (secondary N) is 2. The first-order chi connectivity index (χ1) is 14.2. The molecule has 3 aromatic rings. The summed E-state index contributed by atoms with van der Waals surface area (Å²) in [6, 6.07) is 10.5. The van der Waals surface area contributed by atoms with Gasteiger partial charge in [0.05, 0.1) is 6.54 Å². The number of nitrogens with zero attached hydrogens (tertiary/aromatic N) is 2. The van der Waals surface area contributed by atoms with Gasteiger partial charge in [-0.05, 0) is 32.9 Å². The third-order valence-corrected chi connectivity index (χ3v) is 4.95. The summed E-state index contributed by atoms with van der Waals surface area (Å²) in [6.07, 6.45) is 0.155. The van der Waals surface area contributed by atoms with Crippen LogP contribution in [0.2, 0.25) is 0 Å². The van der Waals surface area contributed by atoms with E-state index in [0.717, 1.165) is 11.1 Å². The van der Waals surface area contributed by atoms with E-state index in [2.05, 4.69) is 15.5 Å². The fourth-order valence-electron chi connectivity index (χ4n) is 3.54. The maximum Gasteiger partial charge on any atom is 0.410 e. The van der Waals surface area contributed by atoms with E-state index in [1.165, 1.54) is 0 Å². The zero-order valence-corrected chi connectivity index (χ0v) is 17.2. The van der Waals surface area contributed by atoms with E-state index in [9.17, 15) is 14.7 Å². The summed E-state index contributed by atoms with van der Waals surface area (Å²) in [5.41, 5.74) is 1.76. The van der Waals surface area contributed by atoms with Gasteiger partial charge in [-0.25, -0.2) is 4.79 Å². The molecule has 2 aromatic carbocycles. The molecule has 8 heteroatoms. The molecule has 30 heavy (non-hydrogen) atoms. The number of anilines is 1. The molecule has 0 fully saturated rings. The van der Waals surface area contributed by atoms with Crippen LogP contribution in [-0.2, 0) is 17.7 Å². The number of aromatic nitrogens is 2. The highest BCUT2D eigenvalue weighted by Gasteiger charge is 2.30. The monoisotopic (exact) mass is 408 g/mol. The van der Waals surface area contributed by atoms with Crippen LogP contribution in [0.1, 0.15) is 42.5 Å². The van der Waals surface area contributed by atoms with E-state index in [1.807, 2.05) is 39.0 Å². The molecule has 2 amide bonds. The number of carbonyl (C=O) groups excluding carboxylic acids is 2. The number of ether oxygens (including phenoxy) is 1. The smallest absolute Gasteiger partial charge is 0.410 e. The number of hydrogen-bond donors (Lipinski definition) is 3. The van der Waals surface area contributed by atoms with Crippen LogP contribution < -0.4 is 5.32 Å². The lowest BCUT2D eigenvalue weighted by atomic mass is 10.0. The first kappa shape index (κ1) is 19.8. The second kappa shape index (κ2) is 7.37. The third-order valence-electron chi connectivity index (χ3n) is 4.95. The minimum atomic E-state index is -0.589. The predicted molar refractivity (Wildman–Crippen MR) is 113 cm³/mol. The first-order valence-electron chi connectivity index (χ1n) is 9.79. The van der Waals surface area contributed by atoms with Gasteiger partial charge in [-0.2, -0.15) is 5.10 Å². The lowest BCUT2D eigenvalue weighted by molar-refractivity contribution is 0.0222. The molecule has 4 rings (SSSR count). The van der Waals surface area contributed by atoms with Crippen molar-refractivity contribution in [3.8, 4) is 5.75 Å². The molecule has 3 N–H and O–H groups in total. The molecule has 156 valence electrons. The van der Waals surface area contributed by atoms with Crippen LogP contribution in [0.15, 0.2) is 36.4 Å². The van der Waals surface area contributed by atoms with Crippen molar-refractivity contribution in [1.82, 2.24) is 15.1 Å². The molecule has 1 aromatic heterocycles. The molecule has 0 spiro atoms. The van der Waals surface area contributed by atoms with Crippen LogP contribution in [0.25, 0.3) is 10.8 Å². The second-order valence-corrected chi connectivity index (χ2v) is 8.31. The van der Waals surface area contributed by atoms with Gasteiger partial charge >= 0.3 is 6.09 Å². The molecular formula is C22H24N4O4. The summed E-state index contributed by atoms with van der Waals surface area (Å²) < 4.78 is 5.46. The van der Waals surface area contributed by atoms with Crippen molar-refractivity contribution in [2.24, 2.45) is 0 Å². The summed E-state index contributed by atoms with van der Waals surface area (Å²) in [6.45, 7) is 6.20. The Morgan fingerprint density at radius 3 is 2.63 bits per heavy atom. The topological polar surface area (TPSA) is 108 Å². The third kappa shape index (κ3) is 3.80. The normalized spacial score (nSPS) is 13.8. The van der Waals surface area contributed by atoms with Crippen molar-refractivity contribution in [2.75, 3.05) is 11.9 Å². The number of benzene rings is 2. The average Bonchev–Trinajstić information content (AvgIpc) is 3.12. The number of H-pyrrole nitrogens is 1. The minimum absolute atomic E-state index is 0.147. The Balaban J connectivity index is 1.57. The van der Waals surface area contributed by atoms with Crippen molar-refractivity contribution in [1.29, 1.82) is 0 Å². The van der Waals surface area contributed by atoms with Gasteiger partial charge in [-0.3, -0.25) is 9.89 Å². The molecule has 2 heterocycles. The number of phenols is 1. The first-order valence-corrected chi connectivity index (χ1v) is 9.79. The van der Waals surface area contributed by atoms with Gasteiger partial charge in [-0.1, -0.05) is 24.3 Å². The molecule has 0 aliphatic carbocycles. The Morgan fingerprint density at radius 1 is 1.17 bits per heavy atom. The number of carbonyl (C=O) groups is 2. The number of amides is 2. The highest BCUT2D eigenvalue weighted by Crippen LogP contribution is 2.31.